The Labute approximate surface area is 437 Å². The van der Waals surface area contributed by atoms with Gasteiger partial charge in [-0.15, -0.1) is 0 Å². The van der Waals surface area contributed by atoms with E-state index in [1.165, 1.54) is 64.5 Å². The zero-order valence-electron chi connectivity index (χ0n) is 42.1. The molecule has 2 heterocycles. The molecule has 0 aromatic heterocycles. The van der Waals surface area contributed by atoms with E-state index in [4.69, 9.17) is 28.4 Å². The molecule has 0 bridgehead atoms. The molecule has 23 nitrogen and oxygen atoms in total. The van der Waals surface area contributed by atoms with Crippen LogP contribution in [0.1, 0.15) is 145 Å². The van der Waals surface area contributed by atoms with Crippen molar-refractivity contribution < 1.29 is 103 Å². The number of hydrazine groups is 1. The van der Waals surface area contributed by atoms with Crippen molar-refractivity contribution in [2.24, 2.45) is 0 Å². The maximum Gasteiger partial charge on any atom is 0.202 e. The van der Waals surface area contributed by atoms with Gasteiger partial charge in [0.15, 0.2) is 35.7 Å². The number of fused-ring (bicyclic) bond motifs is 6. The van der Waals surface area contributed by atoms with Gasteiger partial charge in [-0.25, -0.2) is 0 Å². The van der Waals surface area contributed by atoms with Gasteiger partial charge in [0.05, 0.1) is 96.3 Å². The lowest BCUT2D eigenvalue weighted by molar-refractivity contribution is -0.256. The summed E-state index contributed by atoms with van der Waals surface area (Å²) in [5.74, 6) is -8.21. The zero-order chi connectivity index (χ0) is 55.5. The van der Waals surface area contributed by atoms with Crippen molar-refractivity contribution in [3.05, 3.63) is 103 Å². The van der Waals surface area contributed by atoms with Crippen molar-refractivity contribution in [2.45, 2.75) is 132 Å². The van der Waals surface area contributed by atoms with Crippen LogP contribution >= 0.6 is 0 Å². The first-order chi connectivity index (χ1) is 36.5. The van der Waals surface area contributed by atoms with Crippen LogP contribution < -0.4 is 20.3 Å². The third-order valence-electron chi connectivity index (χ3n) is 16.0. The summed E-state index contributed by atoms with van der Waals surface area (Å²) in [6.07, 6.45) is -13.1. The number of carbonyl (C=O) groups excluding carboxylic acids is 6. The molecule has 4 aromatic rings. The largest absolute Gasteiger partial charge is 0.507 e. The Morgan fingerprint density at radius 2 is 1.00 bits per heavy atom. The molecule has 6 aliphatic rings. The van der Waals surface area contributed by atoms with E-state index in [0.29, 0.717) is 0 Å². The molecule has 11 N–H and O–H groups in total. The second-order valence-corrected chi connectivity index (χ2v) is 20.5. The molecule has 0 spiro atoms. The summed E-state index contributed by atoms with van der Waals surface area (Å²) in [5, 5.41) is 104. The minimum absolute atomic E-state index is 0.0176. The summed E-state index contributed by atoms with van der Waals surface area (Å²) in [6, 6.07) is 6.56. The third kappa shape index (κ3) is 8.48. The summed E-state index contributed by atoms with van der Waals surface area (Å²) in [4.78, 5) is 82.4. The van der Waals surface area contributed by atoms with Crippen molar-refractivity contribution in [1.29, 1.82) is 0 Å². The van der Waals surface area contributed by atoms with Crippen molar-refractivity contribution in [2.75, 3.05) is 20.8 Å². The Morgan fingerprint density at radius 1 is 0.610 bits per heavy atom. The van der Waals surface area contributed by atoms with E-state index in [1.54, 1.807) is 0 Å². The number of ketones is 6. The fourth-order valence-corrected chi connectivity index (χ4v) is 11.8. The lowest BCUT2D eigenvalue weighted by Gasteiger charge is -2.44. The van der Waals surface area contributed by atoms with Crippen LogP contribution in [-0.4, -0.2) is 162 Å². The summed E-state index contributed by atoms with van der Waals surface area (Å²) in [5.41, 5.74) is -2.36. The standard InChI is InChI=1S/C54H56N2O21/c1-19-43(60)26(12-33(74-19)76-30-16-53(70,21(3)58)14-24-37(30)51(68)41-39(47(24)64)45(62)22-8-6-10-28(72-4)35(22)49(41)66)55-56-27-13-34(75-20(2)44(27)61)77-31-17-54(71,32(59)18-57)15-25-38(31)52(69)42-40(48(25)65)46(63)23-9-7-11-29(73-5)36(23)50(42)67/h6-11,19-20,26-27,30-31,33-34,43-44,55-57,60-61,64-65,68-71H,12-18H2,1-5H3/t19?,20?,26?,27?,30-,31-,33?,34?,43?,44?,53-,54-/m0/s1. The summed E-state index contributed by atoms with van der Waals surface area (Å²) in [6.45, 7) is 3.01. The average molecular weight is 1070 g/mol. The Bertz CT molecular complexity index is 3210. The number of ether oxygens (including phenoxy) is 6. The minimum Gasteiger partial charge on any atom is -0.507 e. The number of aromatic hydroxyl groups is 4. The molecule has 23 heteroatoms. The number of carbonyl (C=O) groups is 6. The molecular weight excluding hydrogens is 1010 g/mol. The number of rotatable bonds is 12. The van der Waals surface area contributed by atoms with Gasteiger partial charge in [-0.1, -0.05) is 24.3 Å². The van der Waals surface area contributed by atoms with Crippen molar-refractivity contribution in [3.63, 3.8) is 0 Å². The Balaban J connectivity index is 0.909. The van der Waals surface area contributed by atoms with Crippen LogP contribution in [0, 0.1) is 0 Å². The van der Waals surface area contributed by atoms with Gasteiger partial charge < -0.3 is 74.4 Å². The molecule has 2 fully saturated rings. The van der Waals surface area contributed by atoms with E-state index in [1.807, 2.05) is 0 Å². The van der Waals surface area contributed by atoms with Gasteiger partial charge in [-0.3, -0.25) is 39.6 Å². The molecule has 2 saturated heterocycles. The molecule has 12 atom stereocenters. The number of Topliss-reactive ketones (excluding diaryl/α,β-unsaturated/α-hetero) is 2. The van der Waals surface area contributed by atoms with Crippen LogP contribution in [0.15, 0.2) is 36.4 Å². The van der Waals surface area contributed by atoms with Crippen LogP contribution in [0.4, 0.5) is 0 Å². The predicted octanol–water partition coefficient (Wildman–Crippen LogP) is 1.22. The number of aliphatic hydroxyl groups excluding tert-OH is 3. The molecule has 2 aliphatic heterocycles. The van der Waals surface area contributed by atoms with E-state index in [9.17, 15) is 74.7 Å². The second kappa shape index (κ2) is 19.6. The van der Waals surface area contributed by atoms with Gasteiger partial charge in [0.25, 0.3) is 0 Å². The van der Waals surface area contributed by atoms with Crippen molar-refractivity contribution in [3.8, 4) is 34.5 Å². The van der Waals surface area contributed by atoms with Crippen LogP contribution in [0.2, 0.25) is 0 Å². The maximum atomic E-state index is 14.2. The average Bonchev–Trinajstić information content (AvgIpc) is 3.39. The molecule has 4 aliphatic carbocycles. The van der Waals surface area contributed by atoms with Gasteiger partial charge in [0.2, 0.25) is 11.6 Å². The number of phenols is 4. The van der Waals surface area contributed by atoms with Crippen LogP contribution in [0.25, 0.3) is 0 Å². The van der Waals surface area contributed by atoms with E-state index in [-0.39, 0.29) is 68.8 Å². The highest BCUT2D eigenvalue weighted by atomic mass is 16.7. The Hall–Kier alpha value is -6.74. The van der Waals surface area contributed by atoms with Gasteiger partial charge in [0.1, 0.15) is 52.3 Å². The SMILES string of the molecule is COc1cccc2c1C(=O)c1c(O)c3c(c(O)c1C2=O)C[C@@](O)(C(C)=O)C[C@@H]3OC1CC(NNC2CC(O[C@H]3C[C@](O)(C(=O)CO)Cc4c(O)c5c(c(O)c43)C(=O)c3c(OC)cccc3C5=O)OC(C)C2O)C(O)C(C)O1. The van der Waals surface area contributed by atoms with Gasteiger partial charge in [-0.2, -0.15) is 0 Å². The third-order valence-corrected chi connectivity index (χ3v) is 16.0. The monoisotopic (exact) mass is 1070 g/mol. The summed E-state index contributed by atoms with van der Waals surface area (Å²) < 4.78 is 35.6. The van der Waals surface area contributed by atoms with Crippen LogP contribution in [-0.2, 0) is 41.4 Å². The molecule has 77 heavy (non-hydrogen) atoms. The number of phenolic OH excluding ortho intramolecular Hbond substituents is 4. The maximum absolute atomic E-state index is 14.2. The van der Waals surface area contributed by atoms with E-state index < -0.39 is 185 Å². The Kier molecular flexibility index (Phi) is 13.7. The molecular formula is C54H56N2O21. The summed E-state index contributed by atoms with van der Waals surface area (Å²) in [7, 11) is 2.58. The highest BCUT2D eigenvalue weighted by Crippen LogP contribution is 2.55. The fourth-order valence-electron chi connectivity index (χ4n) is 11.8. The van der Waals surface area contributed by atoms with Gasteiger partial charge >= 0.3 is 0 Å². The quantitative estimate of drug-likeness (QED) is 0.0606. The van der Waals surface area contributed by atoms with Gasteiger partial charge in [0, 0.05) is 71.9 Å². The second-order valence-electron chi connectivity index (χ2n) is 20.5. The minimum atomic E-state index is -2.43. The first-order valence-electron chi connectivity index (χ1n) is 24.8. The van der Waals surface area contributed by atoms with E-state index >= 15 is 0 Å². The predicted molar refractivity (Wildman–Crippen MR) is 260 cm³/mol. The zero-order valence-corrected chi connectivity index (χ0v) is 42.1. The van der Waals surface area contributed by atoms with Crippen molar-refractivity contribution >= 4 is 34.7 Å². The van der Waals surface area contributed by atoms with E-state index in [2.05, 4.69) is 10.9 Å². The topological polar surface area (TPSA) is 364 Å². The molecule has 0 amide bonds. The van der Waals surface area contributed by atoms with Crippen LogP contribution in [0.5, 0.6) is 34.5 Å². The number of hydrogen-bond acceptors (Lipinski definition) is 23. The lowest BCUT2D eigenvalue weighted by atomic mass is 9.72. The number of hydrogen-bond donors (Lipinski definition) is 11. The molecule has 0 saturated carbocycles. The molecule has 408 valence electrons. The molecule has 10 rings (SSSR count). The smallest absolute Gasteiger partial charge is 0.202 e. The number of aliphatic hydroxyl groups is 5. The fraction of sp³-hybridized carbons (Fsp3) is 0.444. The first kappa shape index (κ1) is 53.6. The number of benzene rings is 4. The highest BCUT2D eigenvalue weighted by Gasteiger charge is 2.53. The summed E-state index contributed by atoms with van der Waals surface area (Å²) >= 11 is 0. The molecule has 8 unspecified atom stereocenters. The highest BCUT2D eigenvalue weighted by molar-refractivity contribution is 6.32. The lowest BCUT2D eigenvalue weighted by Crippen LogP contribution is -2.63. The molecule has 0 radical (unpaired) electrons. The molecule has 4 aromatic carbocycles. The Morgan fingerprint density at radius 3 is 1.39 bits per heavy atom. The van der Waals surface area contributed by atoms with Crippen LogP contribution in [0.3, 0.4) is 0 Å². The number of methoxy groups -OCH3 is 2. The van der Waals surface area contributed by atoms with Crippen molar-refractivity contribution in [1.82, 2.24) is 10.9 Å². The number of nitrogens with one attached hydrogen (secondary N) is 2. The first-order valence-corrected chi connectivity index (χ1v) is 24.8. The normalized spacial score (nSPS) is 30.3. The van der Waals surface area contributed by atoms with Gasteiger partial charge in [-0.05, 0) is 32.9 Å². The van der Waals surface area contributed by atoms with E-state index in [0.717, 1.165) is 6.92 Å².